The molecule has 3 N–H and O–H groups in total. The average molecular weight is 433 g/mol. The molecule has 1 aromatic carbocycles. The molecule has 3 rings (SSSR count). The number of benzene rings is 1. The molecule has 0 amide bonds. The summed E-state index contributed by atoms with van der Waals surface area (Å²) in [6, 6.07) is 4.00. The number of carbonyl (C=O) groups is 1. The molecule has 7 nitrogen and oxygen atoms in total. The molecule has 7 heteroatoms. The Morgan fingerprint density at radius 2 is 1.84 bits per heavy atom. The first-order valence-electron chi connectivity index (χ1n) is 11.0. The molecule has 0 radical (unpaired) electrons. The maximum absolute atomic E-state index is 11.6. The summed E-state index contributed by atoms with van der Waals surface area (Å²) in [4.78, 5) is 17.2. The van der Waals surface area contributed by atoms with E-state index in [0.717, 1.165) is 28.8 Å². The monoisotopic (exact) mass is 432 g/mol. The van der Waals surface area contributed by atoms with Gasteiger partial charge in [0.25, 0.3) is 0 Å². The highest BCUT2D eigenvalue weighted by molar-refractivity contribution is 6.02. The summed E-state index contributed by atoms with van der Waals surface area (Å²) in [6.45, 7) is 13.6. The topological polar surface area (TPSA) is 100 Å². The maximum atomic E-state index is 11.6. The number of phenolic OH excluding ortho intramolecular Hbond substituents is 1. The summed E-state index contributed by atoms with van der Waals surface area (Å²) < 4.78 is 5.74. The van der Waals surface area contributed by atoms with Crippen molar-refractivity contribution in [1.29, 1.82) is 0 Å². The van der Waals surface area contributed by atoms with Crippen LogP contribution in [0.5, 0.6) is 5.75 Å². The smallest absolute Gasteiger partial charge is 0.326 e. The van der Waals surface area contributed by atoms with Crippen LogP contribution in [0.15, 0.2) is 17.3 Å². The van der Waals surface area contributed by atoms with Gasteiger partial charge in [-0.15, -0.1) is 0 Å². The van der Waals surface area contributed by atoms with Crippen LogP contribution in [0.1, 0.15) is 77.5 Å². The molecule has 2 atom stereocenters. The number of nitrogens with zero attached hydrogens (tertiary/aromatic N) is 1. The van der Waals surface area contributed by atoms with E-state index in [0.29, 0.717) is 25.1 Å². The number of rotatable bonds is 6. The van der Waals surface area contributed by atoms with E-state index in [1.807, 2.05) is 12.1 Å². The number of aromatic hydroxyl groups is 1. The fraction of sp³-hybridized carbons (Fsp3) is 0.667. The molecule has 2 unspecified atom stereocenters. The fourth-order valence-corrected chi connectivity index (χ4v) is 4.17. The zero-order valence-corrected chi connectivity index (χ0v) is 19.5. The Kier molecular flexibility index (Phi) is 6.40. The molecule has 2 aliphatic rings. The predicted molar refractivity (Wildman–Crippen MR) is 120 cm³/mol. The van der Waals surface area contributed by atoms with E-state index in [2.05, 4.69) is 52.0 Å². The van der Waals surface area contributed by atoms with Gasteiger partial charge in [0.05, 0.1) is 18.9 Å². The number of carboxylic acids is 1. The number of phenols is 1. The lowest BCUT2D eigenvalue weighted by Crippen LogP contribution is -2.51. The van der Waals surface area contributed by atoms with Crippen molar-refractivity contribution in [3.05, 3.63) is 28.8 Å². The zero-order chi connectivity index (χ0) is 23.0. The minimum Gasteiger partial charge on any atom is -0.507 e. The normalized spacial score (nSPS) is 24.2. The number of nitrogens with one attached hydrogen (secondary N) is 1. The molecule has 2 aliphatic heterocycles. The van der Waals surface area contributed by atoms with Gasteiger partial charge in [-0.2, -0.15) is 0 Å². The lowest BCUT2D eigenvalue weighted by Gasteiger charge is -2.28. The Hall–Kier alpha value is -2.12. The molecule has 0 aromatic heterocycles. The molecular formula is C24H36N2O5. The van der Waals surface area contributed by atoms with Crippen LogP contribution in [0.3, 0.4) is 0 Å². The van der Waals surface area contributed by atoms with Crippen molar-refractivity contribution in [2.45, 2.75) is 83.3 Å². The number of aliphatic carboxylic acids is 1. The quantitative estimate of drug-likeness (QED) is 0.634. The maximum Gasteiger partial charge on any atom is 0.326 e. The van der Waals surface area contributed by atoms with E-state index in [1.165, 1.54) is 0 Å². The second kappa shape index (κ2) is 8.43. The standard InChI is InChI=1S/C24H36N2O5/c1-22(2,3)17-10-15(11-18(20(17)27)23(4,5)6)19-12-16(31-26-19)13-30-14-24(21(28)29)8-7-9-25-24/h10-11,16,25,27H,7-9,12-14H2,1-6H3,(H,28,29). The lowest BCUT2D eigenvalue weighted by molar-refractivity contribution is -0.147. The SMILES string of the molecule is CC(C)(C)c1cc(C2=NOC(COCC3(C(=O)O)CCCN3)C2)cc(C(C)(C)C)c1O. The molecule has 0 spiro atoms. The van der Waals surface area contributed by atoms with Crippen LogP contribution >= 0.6 is 0 Å². The highest BCUT2D eigenvalue weighted by Gasteiger charge is 2.41. The highest BCUT2D eigenvalue weighted by atomic mass is 16.7. The second-order valence-electron chi connectivity index (χ2n) is 10.8. The third-order valence-electron chi connectivity index (χ3n) is 6.10. The van der Waals surface area contributed by atoms with Crippen LogP contribution in [-0.2, 0) is 25.2 Å². The summed E-state index contributed by atoms with van der Waals surface area (Å²) in [5.74, 6) is -0.533. The molecule has 0 aliphatic carbocycles. The number of ether oxygens (including phenoxy) is 1. The Morgan fingerprint density at radius 1 is 1.23 bits per heavy atom. The lowest BCUT2D eigenvalue weighted by atomic mass is 9.78. The van der Waals surface area contributed by atoms with Gasteiger partial charge in [0.1, 0.15) is 11.3 Å². The second-order valence-corrected chi connectivity index (χ2v) is 10.8. The highest BCUT2D eigenvalue weighted by Crippen LogP contribution is 2.40. The van der Waals surface area contributed by atoms with Crippen LogP contribution in [-0.4, -0.2) is 53.3 Å². The van der Waals surface area contributed by atoms with Gasteiger partial charge < -0.3 is 19.8 Å². The number of oxime groups is 1. The van der Waals surface area contributed by atoms with Crippen molar-refractivity contribution in [1.82, 2.24) is 5.32 Å². The molecule has 172 valence electrons. The number of carboxylic acid groups (broad SMARTS) is 1. The molecule has 31 heavy (non-hydrogen) atoms. The summed E-state index contributed by atoms with van der Waals surface area (Å²) in [5.41, 5.74) is 2.08. The van der Waals surface area contributed by atoms with Gasteiger partial charge in [0.15, 0.2) is 6.10 Å². The van der Waals surface area contributed by atoms with Crippen molar-refractivity contribution in [2.75, 3.05) is 19.8 Å². The zero-order valence-electron chi connectivity index (χ0n) is 19.5. The third-order valence-corrected chi connectivity index (χ3v) is 6.10. The van der Waals surface area contributed by atoms with E-state index in [1.54, 1.807) is 0 Å². The average Bonchev–Trinajstić information content (AvgIpc) is 3.30. The largest absolute Gasteiger partial charge is 0.507 e. The fourth-order valence-electron chi connectivity index (χ4n) is 4.17. The van der Waals surface area contributed by atoms with E-state index < -0.39 is 11.5 Å². The first kappa shape index (κ1) is 23.5. The van der Waals surface area contributed by atoms with Gasteiger partial charge >= 0.3 is 5.97 Å². The minimum atomic E-state index is -0.998. The molecule has 1 fully saturated rings. The summed E-state index contributed by atoms with van der Waals surface area (Å²) >= 11 is 0. The van der Waals surface area contributed by atoms with Crippen LogP contribution in [0.25, 0.3) is 0 Å². The van der Waals surface area contributed by atoms with Gasteiger partial charge in [0, 0.05) is 23.1 Å². The first-order chi connectivity index (χ1) is 14.3. The van der Waals surface area contributed by atoms with E-state index >= 15 is 0 Å². The third kappa shape index (κ3) is 5.04. The summed E-state index contributed by atoms with van der Waals surface area (Å²) in [5, 5.41) is 27.8. The van der Waals surface area contributed by atoms with Gasteiger partial charge in [-0.05, 0) is 42.3 Å². The molecule has 0 saturated carbocycles. The first-order valence-corrected chi connectivity index (χ1v) is 11.0. The Morgan fingerprint density at radius 3 is 2.32 bits per heavy atom. The Bertz CT molecular complexity index is 823. The molecule has 2 heterocycles. The minimum absolute atomic E-state index is 0.110. The molecule has 0 bridgehead atoms. The van der Waals surface area contributed by atoms with Crippen molar-refractivity contribution in [3.8, 4) is 5.75 Å². The van der Waals surface area contributed by atoms with E-state index in [4.69, 9.17) is 9.57 Å². The van der Waals surface area contributed by atoms with Crippen molar-refractivity contribution in [2.24, 2.45) is 5.16 Å². The predicted octanol–water partition coefficient (Wildman–Crippen LogP) is 3.70. The summed E-state index contributed by atoms with van der Waals surface area (Å²) in [6.07, 6.45) is 1.71. The van der Waals surface area contributed by atoms with E-state index in [9.17, 15) is 15.0 Å². The van der Waals surface area contributed by atoms with E-state index in [-0.39, 0.29) is 30.1 Å². The molecule has 1 saturated heterocycles. The van der Waals surface area contributed by atoms with Gasteiger partial charge in [0.2, 0.25) is 0 Å². The summed E-state index contributed by atoms with van der Waals surface area (Å²) in [7, 11) is 0. The molecule has 1 aromatic rings. The van der Waals surface area contributed by atoms with Crippen LogP contribution < -0.4 is 5.32 Å². The van der Waals surface area contributed by atoms with Gasteiger partial charge in [-0.3, -0.25) is 10.1 Å². The van der Waals surface area contributed by atoms with Crippen LogP contribution in [0.2, 0.25) is 0 Å². The Balaban J connectivity index is 1.71. The van der Waals surface area contributed by atoms with Gasteiger partial charge in [-0.1, -0.05) is 46.7 Å². The van der Waals surface area contributed by atoms with Gasteiger partial charge in [-0.25, -0.2) is 0 Å². The van der Waals surface area contributed by atoms with Crippen molar-refractivity contribution >= 4 is 11.7 Å². The molecular weight excluding hydrogens is 396 g/mol. The van der Waals surface area contributed by atoms with Crippen LogP contribution in [0, 0.1) is 0 Å². The Labute approximate surface area is 184 Å². The number of hydrogen-bond acceptors (Lipinski definition) is 6. The van der Waals surface area contributed by atoms with Crippen LogP contribution in [0.4, 0.5) is 0 Å². The van der Waals surface area contributed by atoms with Crippen molar-refractivity contribution < 1.29 is 24.6 Å². The number of hydrogen-bond donors (Lipinski definition) is 3. The van der Waals surface area contributed by atoms with Crippen molar-refractivity contribution in [3.63, 3.8) is 0 Å².